The largest absolute Gasteiger partial charge is 0.507 e. The lowest BCUT2D eigenvalue weighted by Crippen LogP contribution is -2.16. The molecule has 0 aliphatic carbocycles. The third kappa shape index (κ3) is 7.64. The third-order valence-corrected chi connectivity index (χ3v) is 12.3. The van der Waals surface area contributed by atoms with E-state index in [1.165, 1.54) is 21.9 Å². The van der Waals surface area contributed by atoms with E-state index in [4.69, 9.17) is 9.97 Å². The highest BCUT2D eigenvalue weighted by Crippen LogP contribution is 2.41. The van der Waals surface area contributed by atoms with Crippen molar-refractivity contribution in [2.24, 2.45) is 0 Å². The summed E-state index contributed by atoms with van der Waals surface area (Å²) in [5.74, 6) is 0.196. The summed E-state index contributed by atoms with van der Waals surface area (Å²) in [6.07, 6.45) is 5.60. The summed E-state index contributed by atoms with van der Waals surface area (Å²) >= 11 is 0. The van der Waals surface area contributed by atoms with Crippen LogP contribution in [-0.2, 0) is 10.8 Å². The number of aromatic nitrogens is 4. The first-order valence-corrected chi connectivity index (χ1v) is 22.0. The molecule has 0 amide bonds. The maximum absolute atomic E-state index is 11.1. The number of nitrogens with zero attached hydrogens (tertiary/aromatic N) is 4. The van der Waals surface area contributed by atoms with Crippen LogP contribution in [0.1, 0.15) is 52.7 Å². The molecule has 1 N–H and O–H groups in total. The Balaban J connectivity index is 1.10. The zero-order valence-electron chi connectivity index (χ0n) is 37.1. The number of benzene rings is 6. The van der Waals surface area contributed by atoms with Crippen LogP contribution in [0.2, 0.25) is 0 Å². The molecule has 0 unspecified atom stereocenters. The average molecular weight is 831 g/mol. The van der Waals surface area contributed by atoms with Crippen molar-refractivity contribution >= 4 is 21.8 Å². The van der Waals surface area contributed by atoms with Gasteiger partial charge in [0.15, 0.2) is 0 Å². The first-order chi connectivity index (χ1) is 30.9. The van der Waals surface area contributed by atoms with Crippen LogP contribution >= 0.6 is 0 Å². The monoisotopic (exact) mass is 830 g/mol. The Hall–Kier alpha value is -7.63. The van der Waals surface area contributed by atoms with Gasteiger partial charge in [-0.05, 0) is 123 Å². The summed E-state index contributed by atoms with van der Waals surface area (Å²) in [6, 6.07) is 59.6. The molecule has 0 spiro atoms. The number of pyridine rings is 3. The molecule has 5 heteroatoms. The number of phenolic OH excluding ortho intramolecular Hbond substituents is 1. The Morgan fingerprint density at radius 2 is 1.02 bits per heavy atom. The molecule has 0 bridgehead atoms. The predicted octanol–water partition coefficient (Wildman–Crippen LogP) is 15.3. The van der Waals surface area contributed by atoms with Crippen molar-refractivity contribution in [1.29, 1.82) is 0 Å². The van der Waals surface area contributed by atoms with Gasteiger partial charge >= 0.3 is 0 Å². The fourth-order valence-electron chi connectivity index (χ4n) is 8.82. The van der Waals surface area contributed by atoms with Gasteiger partial charge in [0.25, 0.3) is 0 Å². The van der Waals surface area contributed by atoms with E-state index in [-0.39, 0.29) is 16.6 Å². The fraction of sp³-hybridized carbons (Fsp3) is 0.136. The van der Waals surface area contributed by atoms with Crippen LogP contribution in [0.4, 0.5) is 0 Å². The molecule has 6 aromatic carbocycles. The van der Waals surface area contributed by atoms with Gasteiger partial charge in [0.2, 0.25) is 0 Å². The molecular formula is C59H50N4O. The third-order valence-electron chi connectivity index (χ3n) is 12.3. The summed E-state index contributed by atoms with van der Waals surface area (Å²) in [6.45, 7) is 13.6. The Labute approximate surface area is 375 Å². The lowest BCUT2D eigenvalue weighted by Gasteiger charge is -2.26. The van der Waals surface area contributed by atoms with Crippen LogP contribution in [0.15, 0.2) is 188 Å². The van der Waals surface area contributed by atoms with Gasteiger partial charge in [-0.3, -0.25) is 9.97 Å². The van der Waals surface area contributed by atoms with E-state index in [1.54, 1.807) is 6.07 Å². The molecule has 0 radical (unpaired) electrons. The molecule has 64 heavy (non-hydrogen) atoms. The topological polar surface area (TPSA) is 63.8 Å². The Bertz CT molecular complexity index is 3340. The number of hydrogen-bond donors (Lipinski definition) is 1. The van der Waals surface area contributed by atoms with E-state index in [2.05, 4.69) is 197 Å². The minimum absolute atomic E-state index is 0.0457. The van der Waals surface area contributed by atoms with Gasteiger partial charge < -0.3 is 9.67 Å². The molecular weight excluding hydrogens is 781 g/mol. The van der Waals surface area contributed by atoms with E-state index in [9.17, 15) is 5.11 Å². The summed E-state index contributed by atoms with van der Waals surface area (Å²) in [4.78, 5) is 14.4. The quantitative estimate of drug-likeness (QED) is 0.174. The molecule has 0 saturated carbocycles. The molecule has 5 nitrogen and oxygen atoms in total. The second kappa shape index (κ2) is 15.9. The Morgan fingerprint density at radius 1 is 0.422 bits per heavy atom. The molecule has 312 valence electrons. The van der Waals surface area contributed by atoms with E-state index in [0.717, 1.165) is 72.6 Å². The summed E-state index contributed by atoms with van der Waals surface area (Å²) in [5, 5.41) is 13.5. The molecule has 0 saturated heterocycles. The number of aromatic hydroxyl groups is 1. The summed E-state index contributed by atoms with van der Waals surface area (Å²) in [5.41, 5.74) is 17.5. The van der Waals surface area contributed by atoms with Gasteiger partial charge in [-0.1, -0.05) is 139 Å². The molecule has 10 rings (SSSR count). The molecule has 0 atom stereocenters. The zero-order valence-corrected chi connectivity index (χ0v) is 37.1. The molecule has 4 aromatic heterocycles. The van der Waals surface area contributed by atoms with Crippen LogP contribution in [0, 0.1) is 0 Å². The lowest BCUT2D eigenvalue weighted by molar-refractivity contribution is 0.477. The number of fused-ring (bicyclic) bond motifs is 3. The fourth-order valence-corrected chi connectivity index (χ4v) is 8.82. The summed E-state index contributed by atoms with van der Waals surface area (Å²) in [7, 11) is 0. The van der Waals surface area contributed by atoms with Crippen LogP contribution in [0.5, 0.6) is 5.75 Å². The zero-order chi connectivity index (χ0) is 44.2. The predicted molar refractivity (Wildman–Crippen MR) is 266 cm³/mol. The van der Waals surface area contributed by atoms with Gasteiger partial charge in [-0.2, -0.15) is 0 Å². The number of rotatable bonds is 7. The van der Waals surface area contributed by atoms with Crippen molar-refractivity contribution in [2.75, 3.05) is 0 Å². The molecule has 10 aromatic rings. The molecule has 0 aliphatic rings. The van der Waals surface area contributed by atoms with Gasteiger partial charge in [0.05, 0.1) is 28.1 Å². The van der Waals surface area contributed by atoms with Crippen LogP contribution in [0.3, 0.4) is 0 Å². The van der Waals surface area contributed by atoms with E-state index >= 15 is 0 Å². The maximum Gasteiger partial charge on any atom is 0.124 e. The van der Waals surface area contributed by atoms with Gasteiger partial charge in [-0.25, -0.2) is 4.98 Å². The number of hydrogen-bond acceptors (Lipinski definition) is 4. The SMILES string of the molecule is CC(C)(C)c1cc(-c2cc(-c3cccc(-c4cc(-c5cccc6c7ccccc7n(-c7cccc(-c8ccncc8)c7)c56)ccn4)c3)nc(-c3ccccc3O)c2)cc(C(C)(C)C)c1. The summed E-state index contributed by atoms with van der Waals surface area (Å²) < 4.78 is 2.40. The number of para-hydroxylation sites is 3. The van der Waals surface area contributed by atoms with Crippen molar-refractivity contribution in [2.45, 2.75) is 52.4 Å². The minimum Gasteiger partial charge on any atom is -0.507 e. The molecule has 0 fully saturated rings. The molecule has 0 aliphatic heterocycles. The first-order valence-electron chi connectivity index (χ1n) is 22.0. The van der Waals surface area contributed by atoms with Crippen LogP contribution < -0.4 is 0 Å². The van der Waals surface area contributed by atoms with Crippen LogP contribution in [0.25, 0.3) is 94.6 Å². The maximum atomic E-state index is 11.1. The second-order valence-corrected chi connectivity index (χ2v) is 18.8. The standard InChI is InChI=1S/C59H50N4O/c1-58(2,3)45-31-43(32-46(37-45)59(4,5)6)44-35-53(62-54(36-44)51-19-8-10-23-56(51)64)42-16-11-15-41(30-42)52-34-40(26-29-61-52)48-20-13-21-50-49-18-7-9-22-55(49)63(57(48)50)47-17-12-14-39(33-47)38-24-27-60-28-25-38/h7-37,64H,1-6H3. The van der Waals surface area contributed by atoms with Crippen molar-refractivity contribution in [3.63, 3.8) is 0 Å². The van der Waals surface area contributed by atoms with Crippen molar-refractivity contribution in [3.05, 3.63) is 200 Å². The van der Waals surface area contributed by atoms with Crippen molar-refractivity contribution < 1.29 is 5.11 Å². The van der Waals surface area contributed by atoms with Gasteiger partial charge in [-0.15, -0.1) is 0 Å². The van der Waals surface area contributed by atoms with Crippen molar-refractivity contribution in [3.8, 4) is 78.6 Å². The first kappa shape index (κ1) is 40.4. The Morgan fingerprint density at radius 3 is 1.78 bits per heavy atom. The smallest absolute Gasteiger partial charge is 0.124 e. The highest BCUT2D eigenvalue weighted by atomic mass is 16.3. The van der Waals surface area contributed by atoms with E-state index < -0.39 is 0 Å². The second-order valence-electron chi connectivity index (χ2n) is 18.8. The number of phenols is 1. The highest BCUT2D eigenvalue weighted by Gasteiger charge is 2.23. The average Bonchev–Trinajstić information content (AvgIpc) is 3.66. The molecule has 4 heterocycles. The minimum atomic E-state index is -0.0457. The highest BCUT2D eigenvalue weighted by molar-refractivity contribution is 6.14. The normalized spacial score (nSPS) is 12.0. The van der Waals surface area contributed by atoms with E-state index in [0.29, 0.717) is 11.3 Å². The van der Waals surface area contributed by atoms with Crippen LogP contribution in [-0.4, -0.2) is 24.6 Å². The van der Waals surface area contributed by atoms with Gasteiger partial charge in [0, 0.05) is 57.3 Å². The van der Waals surface area contributed by atoms with Crippen molar-refractivity contribution in [1.82, 2.24) is 19.5 Å². The van der Waals surface area contributed by atoms with Gasteiger partial charge in [0.1, 0.15) is 5.75 Å². The lowest BCUT2D eigenvalue weighted by atomic mass is 9.79. The van der Waals surface area contributed by atoms with E-state index in [1.807, 2.05) is 36.8 Å². The Kier molecular flexibility index (Phi) is 10.1.